The Morgan fingerprint density at radius 2 is 2.25 bits per heavy atom. The lowest BCUT2D eigenvalue weighted by Crippen LogP contribution is -2.26. The molecule has 5 rings (SSSR count). The number of benzene rings is 1. The number of likely N-dealkylation sites (tertiary alicyclic amines) is 1. The number of imidazole rings is 1. The summed E-state index contributed by atoms with van der Waals surface area (Å²) in [5.41, 5.74) is 9.36. The van der Waals surface area contributed by atoms with Gasteiger partial charge in [0.25, 0.3) is 0 Å². The molecule has 142 valence electrons. The van der Waals surface area contributed by atoms with E-state index in [1.54, 1.807) is 10.9 Å². The molecule has 4 heterocycles. The predicted octanol–water partition coefficient (Wildman–Crippen LogP) is 2.42. The summed E-state index contributed by atoms with van der Waals surface area (Å²) < 4.78 is 1.77. The molecule has 1 saturated heterocycles. The Kier molecular flexibility index (Phi) is 3.68. The Morgan fingerprint density at radius 1 is 1.36 bits per heavy atom. The molecule has 0 radical (unpaired) electrons. The van der Waals surface area contributed by atoms with Gasteiger partial charge in [0.1, 0.15) is 11.3 Å². The second-order valence-electron chi connectivity index (χ2n) is 7.14. The number of aromatic nitrogens is 5. The van der Waals surface area contributed by atoms with Crippen molar-refractivity contribution in [1.82, 2.24) is 29.6 Å². The molecule has 28 heavy (non-hydrogen) atoms. The molecule has 3 aromatic heterocycles. The molecular weight excluding hydrogens is 358 g/mol. The molecule has 9 nitrogen and oxygen atoms in total. The van der Waals surface area contributed by atoms with E-state index < -0.39 is 6.09 Å². The van der Waals surface area contributed by atoms with Crippen LogP contribution >= 0.6 is 0 Å². The maximum absolute atomic E-state index is 11.1. The summed E-state index contributed by atoms with van der Waals surface area (Å²) in [6, 6.07) is 7.78. The number of carbonyl (C=O) groups is 1. The third-order valence-corrected chi connectivity index (χ3v) is 5.29. The van der Waals surface area contributed by atoms with Gasteiger partial charge in [0.15, 0.2) is 5.82 Å². The summed E-state index contributed by atoms with van der Waals surface area (Å²) in [6.07, 6.45) is 4.26. The van der Waals surface area contributed by atoms with Crippen molar-refractivity contribution >= 4 is 33.8 Å². The molecule has 1 fully saturated rings. The van der Waals surface area contributed by atoms with E-state index in [0.29, 0.717) is 30.8 Å². The minimum absolute atomic E-state index is 0.253. The van der Waals surface area contributed by atoms with Crippen LogP contribution in [0.25, 0.3) is 27.6 Å². The summed E-state index contributed by atoms with van der Waals surface area (Å²) >= 11 is 0. The van der Waals surface area contributed by atoms with Crippen LogP contribution in [0, 0.1) is 5.92 Å². The normalized spacial score (nSPS) is 17.0. The van der Waals surface area contributed by atoms with Crippen LogP contribution in [-0.2, 0) is 6.42 Å². The van der Waals surface area contributed by atoms with E-state index in [2.05, 4.69) is 20.1 Å². The Labute approximate surface area is 159 Å². The van der Waals surface area contributed by atoms with Crippen molar-refractivity contribution in [1.29, 1.82) is 0 Å². The molecule has 4 aromatic rings. The molecule has 0 spiro atoms. The van der Waals surface area contributed by atoms with Crippen LogP contribution in [-0.4, -0.2) is 53.9 Å². The van der Waals surface area contributed by atoms with Crippen molar-refractivity contribution in [2.45, 2.75) is 12.8 Å². The van der Waals surface area contributed by atoms with Crippen LogP contribution < -0.4 is 5.73 Å². The SMILES string of the molecule is Nc1nc2cc(-n3cccn3)ccc2c2[nH]c(CC3CCN(C(=O)O)C3)nc12. The summed E-state index contributed by atoms with van der Waals surface area (Å²) in [5.74, 6) is 1.44. The van der Waals surface area contributed by atoms with Gasteiger partial charge < -0.3 is 20.7 Å². The summed E-state index contributed by atoms with van der Waals surface area (Å²) in [6.45, 7) is 1.11. The molecule has 1 unspecified atom stereocenters. The second kappa shape index (κ2) is 6.22. The van der Waals surface area contributed by atoms with Crippen molar-refractivity contribution in [3.8, 4) is 5.69 Å². The van der Waals surface area contributed by atoms with Gasteiger partial charge in [-0.25, -0.2) is 19.4 Å². The van der Waals surface area contributed by atoms with Crippen LogP contribution in [0.5, 0.6) is 0 Å². The number of nitrogen functional groups attached to an aromatic ring is 1. The fraction of sp³-hybridized carbons (Fsp3) is 0.263. The summed E-state index contributed by atoms with van der Waals surface area (Å²) in [5, 5.41) is 14.3. The van der Waals surface area contributed by atoms with Crippen molar-refractivity contribution in [2.24, 2.45) is 5.92 Å². The predicted molar refractivity (Wildman–Crippen MR) is 104 cm³/mol. The molecular formula is C19H19N7O2. The first kappa shape index (κ1) is 16.5. The first-order valence-electron chi connectivity index (χ1n) is 9.14. The number of nitrogens with one attached hydrogen (secondary N) is 1. The second-order valence-corrected chi connectivity index (χ2v) is 7.14. The van der Waals surface area contributed by atoms with E-state index in [9.17, 15) is 4.79 Å². The zero-order chi connectivity index (χ0) is 19.3. The van der Waals surface area contributed by atoms with Gasteiger partial charge in [-0.3, -0.25) is 0 Å². The number of hydrogen-bond donors (Lipinski definition) is 3. The molecule has 9 heteroatoms. The van der Waals surface area contributed by atoms with E-state index in [1.165, 1.54) is 4.90 Å². The molecule has 4 N–H and O–H groups in total. The highest BCUT2D eigenvalue weighted by Crippen LogP contribution is 2.29. The van der Waals surface area contributed by atoms with Gasteiger partial charge in [-0.2, -0.15) is 5.10 Å². The van der Waals surface area contributed by atoms with Crippen LogP contribution in [0.2, 0.25) is 0 Å². The number of H-pyrrole nitrogens is 1. The maximum atomic E-state index is 11.1. The number of amides is 1. The molecule has 1 amide bonds. The van der Waals surface area contributed by atoms with Gasteiger partial charge in [-0.15, -0.1) is 0 Å². The molecule has 1 aliphatic heterocycles. The number of hydrogen-bond acceptors (Lipinski definition) is 5. The lowest BCUT2D eigenvalue weighted by Gasteiger charge is -2.11. The highest BCUT2D eigenvalue weighted by atomic mass is 16.4. The van der Waals surface area contributed by atoms with Crippen molar-refractivity contribution in [2.75, 3.05) is 18.8 Å². The number of rotatable bonds is 3. The van der Waals surface area contributed by atoms with Crippen LogP contribution in [0.4, 0.5) is 10.6 Å². The van der Waals surface area contributed by atoms with Crippen molar-refractivity contribution < 1.29 is 9.90 Å². The molecule has 0 saturated carbocycles. The van der Waals surface area contributed by atoms with Crippen molar-refractivity contribution in [3.63, 3.8) is 0 Å². The Hall–Kier alpha value is -3.62. The average Bonchev–Trinajstić information content (AvgIpc) is 3.42. The zero-order valence-electron chi connectivity index (χ0n) is 15.0. The summed E-state index contributed by atoms with van der Waals surface area (Å²) in [4.78, 5) is 25.1. The summed E-state index contributed by atoms with van der Waals surface area (Å²) in [7, 11) is 0. The zero-order valence-corrected chi connectivity index (χ0v) is 15.0. The number of nitrogens with zero attached hydrogens (tertiary/aromatic N) is 5. The van der Waals surface area contributed by atoms with Gasteiger partial charge in [-0.1, -0.05) is 0 Å². The lowest BCUT2D eigenvalue weighted by atomic mass is 10.1. The largest absolute Gasteiger partial charge is 0.465 e. The monoisotopic (exact) mass is 377 g/mol. The number of carboxylic acid groups (broad SMARTS) is 1. The van der Waals surface area contributed by atoms with Crippen LogP contribution in [0.15, 0.2) is 36.7 Å². The lowest BCUT2D eigenvalue weighted by molar-refractivity contribution is 0.154. The van der Waals surface area contributed by atoms with E-state index >= 15 is 0 Å². The molecule has 1 aromatic carbocycles. The Morgan fingerprint density at radius 3 is 3.00 bits per heavy atom. The van der Waals surface area contributed by atoms with E-state index in [1.807, 2.05) is 30.5 Å². The van der Waals surface area contributed by atoms with Gasteiger partial charge in [0, 0.05) is 37.3 Å². The van der Waals surface area contributed by atoms with Gasteiger partial charge in [0.2, 0.25) is 0 Å². The smallest absolute Gasteiger partial charge is 0.407 e. The van der Waals surface area contributed by atoms with Gasteiger partial charge in [-0.05, 0) is 36.6 Å². The number of fused-ring (bicyclic) bond motifs is 3. The fourth-order valence-corrected chi connectivity index (χ4v) is 3.92. The Balaban J connectivity index is 1.51. The highest BCUT2D eigenvalue weighted by molar-refractivity contribution is 6.06. The molecule has 1 atom stereocenters. The first-order valence-corrected chi connectivity index (χ1v) is 9.14. The van der Waals surface area contributed by atoms with Crippen LogP contribution in [0.3, 0.4) is 0 Å². The van der Waals surface area contributed by atoms with Crippen molar-refractivity contribution in [3.05, 3.63) is 42.5 Å². The van der Waals surface area contributed by atoms with Gasteiger partial charge >= 0.3 is 6.09 Å². The molecule has 0 aliphatic carbocycles. The number of aromatic amines is 1. The number of anilines is 1. The average molecular weight is 377 g/mol. The van der Waals surface area contributed by atoms with E-state index in [-0.39, 0.29) is 5.92 Å². The third kappa shape index (κ3) is 2.72. The Bertz CT molecular complexity index is 1180. The fourth-order valence-electron chi connectivity index (χ4n) is 3.92. The third-order valence-electron chi connectivity index (χ3n) is 5.29. The highest BCUT2D eigenvalue weighted by Gasteiger charge is 2.27. The number of nitrogens with two attached hydrogens (primary N) is 1. The number of pyridine rings is 1. The maximum Gasteiger partial charge on any atom is 0.407 e. The molecule has 0 bridgehead atoms. The topological polar surface area (TPSA) is 126 Å². The first-order chi connectivity index (χ1) is 13.6. The molecule has 1 aliphatic rings. The quantitative estimate of drug-likeness (QED) is 0.503. The minimum atomic E-state index is -0.862. The standard InChI is InChI=1S/C19H19N7O2/c20-18-17-16(23-15(24-17)8-11-4-7-25(10-11)19(27)28)13-3-2-12(9-14(13)22-18)26-6-1-5-21-26/h1-3,5-6,9,11H,4,7-8,10H2,(H2,20,22)(H,23,24)(H,27,28). The van der Waals surface area contributed by atoms with E-state index in [0.717, 1.165) is 34.4 Å². The van der Waals surface area contributed by atoms with Crippen LogP contribution in [0.1, 0.15) is 12.2 Å². The minimum Gasteiger partial charge on any atom is -0.465 e. The van der Waals surface area contributed by atoms with Gasteiger partial charge in [0.05, 0.1) is 16.7 Å². The van der Waals surface area contributed by atoms with E-state index in [4.69, 9.17) is 10.8 Å².